The van der Waals surface area contributed by atoms with Gasteiger partial charge in [-0.3, -0.25) is 9.59 Å². The fourth-order valence-electron chi connectivity index (χ4n) is 12.7. The van der Waals surface area contributed by atoms with Crippen LogP contribution in [0.15, 0.2) is 78.6 Å². The van der Waals surface area contributed by atoms with E-state index in [1.807, 2.05) is 97.0 Å². The van der Waals surface area contributed by atoms with E-state index >= 15 is 4.39 Å². The van der Waals surface area contributed by atoms with Gasteiger partial charge in [0.1, 0.15) is 53.7 Å². The summed E-state index contributed by atoms with van der Waals surface area (Å²) in [5.41, 5.74) is 9.43. The van der Waals surface area contributed by atoms with Gasteiger partial charge in [-0.15, -0.1) is 16.4 Å². The Kier molecular flexibility index (Phi) is 18.6. The van der Waals surface area contributed by atoms with Crippen LogP contribution in [0.2, 0.25) is 0 Å². The zero-order chi connectivity index (χ0) is 64.7. The number of likely N-dealkylation sites (tertiary alicyclic amines) is 2. The van der Waals surface area contributed by atoms with Gasteiger partial charge < -0.3 is 54.3 Å². The summed E-state index contributed by atoms with van der Waals surface area (Å²) in [5.74, 6) is -0.595. The van der Waals surface area contributed by atoms with E-state index in [1.165, 1.54) is 20.9 Å². The van der Waals surface area contributed by atoms with E-state index in [-0.39, 0.29) is 69.0 Å². The average molecular weight is 1280 g/mol. The third-order valence-corrected chi connectivity index (χ3v) is 18.8. The minimum absolute atomic E-state index is 0.0240. The molecule has 4 aliphatic rings. The van der Waals surface area contributed by atoms with Gasteiger partial charge in [0.25, 0.3) is 0 Å². The number of fused-ring (bicyclic) bond motifs is 2. The average Bonchev–Trinajstić information content (AvgIpc) is 1.33. The fourth-order valence-corrected chi connectivity index (χ4v) is 13.5. The van der Waals surface area contributed by atoms with Crippen LogP contribution < -0.4 is 20.1 Å². The molecular weight excluding hydrogens is 1200 g/mol. The first-order valence-electron chi connectivity index (χ1n) is 31.8. The molecule has 7 atom stereocenters. The molecule has 1 aliphatic carbocycles. The molecule has 4 fully saturated rings. The largest absolute Gasteiger partial charge is 0.486 e. The number of nitrogens with zero attached hydrogens (tertiary/aromatic N) is 10. The number of β-amino-alcohol motifs (C(OH)–C–C–N with tert-alkyl or cyclic N) is 1. The van der Waals surface area contributed by atoms with Crippen molar-refractivity contribution in [2.75, 3.05) is 51.9 Å². The molecule has 3 aliphatic heterocycles. The molecule has 0 spiro atoms. The van der Waals surface area contributed by atoms with Crippen LogP contribution in [0.5, 0.6) is 11.8 Å². The van der Waals surface area contributed by atoms with Gasteiger partial charge >= 0.3 is 12.1 Å². The summed E-state index contributed by atoms with van der Waals surface area (Å²) < 4.78 is 51.3. The number of rotatable bonds is 21. The van der Waals surface area contributed by atoms with Gasteiger partial charge in [0, 0.05) is 79.3 Å². The second kappa shape index (κ2) is 26.8. The second-order valence-electron chi connectivity index (χ2n) is 26.1. The van der Waals surface area contributed by atoms with Crippen LogP contribution in [0.3, 0.4) is 0 Å². The van der Waals surface area contributed by atoms with Gasteiger partial charge in [-0.25, -0.2) is 23.5 Å². The first-order chi connectivity index (χ1) is 44.2. The number of halogens is 1. The Morgan fingerprint density at radius 3 is 2.38 bits per heavy atom. The van der Waals surface area contributed by atoms with Crippen molar-refractivity contribution in [3.63, 3.8) is 0 Å². The van der Waals surface area contributed by atoms with E-state index in [1.54, 1.807) is 47.6 Å². The predicted molar refractivity (Wildman–Crippen MR) is 346 cm³/mol. The Labute approximate surface area is 537 Å². The highest BCUT2D eigenvalue weighted by Gasteiger charge is 2.44. The topological polar surface area (TPSA) is 256 Å². The van der Waals surface area contributed by atoms with E-state index in [2.05, 4.69) is 32.0 Å². The number of aliphatic hydroxyl groups is 2. The maximum atomic E-state index is 16.9. The molecule has 486 valence electrons. The first-order valence-corrected chi connectivity index (χ1v) is 32.7. The Bertz CT molecular complexity index is 3990. The Hall–Kier alpha value is -8.16. The van der Waals surface area contributed by atoms with Crippen LogP contribution in [-0.4, -0.2) is 154 Å². The van der Waals surface area contributed by atoms with Crippen molar-refractivity contribution < 1.29 is 52.7 Å². The van der Waals surface area contributed by atoms with E-state index in [4.69, 9.17) is 38.8 Å². The Balaban J connectivity index is 0.852. The monoisotopic (exact) mass is 1280 g/mol. The van der Waals surface area contributed by atoms with E-state index in [9.17, 15) is 24.6 Å². The molecule has 8 aromatic rings. The highest BCUT2D eigenvalue weighted by atomic mass is 32.1. The van der Waals surface area contributed by atoms with Gasteiger partial charge in [0.15, 0.2) is 12.0 Å². The summed E-state index contributed by atoms with van der Waals surface area (Å²) in [6, 6.07) is 16.1. The molecule has 24 heteroatoms. The van der Waals surface area contributed by atoms with Crippen molar-refractivity contribution >= 4 is 56.9 Å². The van der Waals surface area contributed by atoms with Crippen molar-refractivity contribution in [2.45, 2.75) is 161 Å². The number of carbonyl (C=O) groups is 3. The lowest BCUT2D eigenvalue weighted by molar-refractivity contribution is -0.142. The van der Waals surface area contributed by atoms with Crippen molar-refractivity contribution in [1.29, 1.82) is 0 Å². The maximum Gasteiger partial charge on any atom is 0.410 e. The maximum absolute atomic E-state index is 16.9. The number of benzene rings is 4. The van der Waals surface area contributed by atoms with Gasteiger partial charge in [-0.05, 0) is 126 Å². The smallest absolute Gasteiger partial charge is 0.410 e. The number of aryl methyl sites for hydroxylation is 1. The molecule has 0 radical (unpaired) electrons. The molecule has 1 unspecified atom stereocenters. The normalized spacial score (nSPS) is 19.6. The third-order valence-electron chi connectivity index (χ3n) is 17.8. The van der Waals surface area contributed by atoms with Crippen LogP contribution in [0, 0.1) is 25.6 Å². The summed E-state index contributed by atoms with van der Waals surface area (Å²) in [6.07, 6.45) is 6.61. The van der Waals surface area contributed by atoms with Crippen molar-refractivity contribution in [2.24, 2.45) is 5.92 Å². The van der Waals surface area contributed by atoms with Crippen LogP contribution in [0.1, 0.15) is 139 Å². The highest BCUT2D eigenvalue weighted by Crippen LogP contribution is 2.53. The zero-order valence-corrected chi connectivity index (χ0v) is 54.3. The number of hydrogen-bond donors (Lipinski definition) is 4. The van der Waals surface area contributed by atoms with Crippen molar-refractivity contribution in [3.05, 3.63) is 112 Å². The summed E-state index contributed by atoms with van der Waals surface area (Å²) >= 11 is 1.53. The zero-order valence-electron chi connectivity index (χ0n) is 53.5. The number of carbonyl (C=O) groups excluding carboxylic acids is 3. The SMILES string of the molecule is CO[C@@H](C)COc1nc(N[C@H]2CCN(C(=O)OC(C)(C)C)C2)c2cc(C3CC3)c(-c3c(C)c(F)cc4c3cnn4C3CCCCO3)c(OCc3ccc(-c4cn([C@H](C(=O)N5C[C@H](O)C[C@H]5C(=O)N[C@@H](CO)c5ccc(-c6scnc6C)cc5)C(C)C)nn4)cc3)c2n1. The van der Waals surface area contributed by atoms with Crippen LogP contribution in [0.4, 0.5) is 15.0 Å². The van der Waals surface area contributed by atoms with Crippen molar-refractivity contribution in [1.82, 2.24) is 54.8 Å². The molecule has 4 aromatic heterocycles. The quantitative estimate of drug-likeness (QED) is 0.0521. The first kappa shape index (κ1) is 64.0. The van der Waals surface area contributed by atoms with Gasteiger partial charge in [-0.2, -0.15) is 15.1 Å². The fraction of sp³-hybridized carbons (Fsp3) is 0.485. The number of aromatic nitrogens is 8. The number of amides is 3. The molecule has 1 saturated carbocycles. The summed E-state index contributed by atoms with van der Waals surface area (Å²) in [6.45, 7) is 16.1. The number of anilines is 1. The lowest BCUT2D eigenvalue weighted by atomic mass is 9.88. The molecule has 3 amide bonds. The number of aliphatic hydroxyl groups excluding tert-OH is 2. The number of thiazole rings is 1. The lowest BCUT2D eigenvalue weighted by Gasteiger charge is -2.30. The molecule has 3 saturated heterocycles. The van der Waals surface area contributed by atoms with Crippen LogP contribution in [-0.2, 0) is 30.4 Å². The number of nitrogens with one attached hydrogen (secondary N) is 2. The molecule has 7 heterocycles. The van der Waals surface area contributed by atoms with Crippen LogP contribution >= 0.6 is 11.3 Å². The second-order valence-corrected chi connectivity index (χ2v) is 27.0. The Morgan fingerprint density at radius 1 is 0.924 bits per heavy atom. The minimum atomic E-state index is -1.00. The molecule has 0 bridgehead atoms. The summed E-state index contributed by atoms with van der Waals surface area (Å²) in [4.78, 5) is 60.8. The molecule has 4 aromatic carbocycles. The number of ether oxygens (including phenoxy) is 5. The summed E-state index contributed by atoms with van der Waals surface area (Å²) in [7, 11) is 1.60. The Morgan fingerprint density at radius 2 is 1.70 bits per heavy atom. The molecule has 12 rings (SSSR count). The standard InChI is InChI=1S/C68H81FN12O10S/c1-37(2)60(65(85)79-31-47(83)26-55(79)64(84)73-53(33-82)44-19-21-45(22-20-44)62-40(5)70-36-92-62)80-32-52(76-77-80)43-15-13-41(14-16-43)35-89-61-58(57-39(4)51(69)28-54-50(57)29-71-81(54)56-12-10-11-25-88-56)48(42-17-18-42)27-49-59(61)74-66(90-34-38(3)87-9)75-63(49)72-46-23-24-78(30-46)67(86)91-68(6,7)8/h13-16,19-22,27-29,32,36-38,42,46-47,53,55-56,60,82-83H,10-12,17-18,23-26,30-31,33-35H2,1-9H3,(H,73,84)(H,72,74,75)/t38-,46-,47+,53-,55-,56?,60-/m0/s1. The van der Waals surface area contributed by atoms with Gasteiger partial charge in [-0.1, -0.05) is 67.6 Å². The molecule has 4 N–H and O–H groups in total. The van der Waals surface area contributed by atoms with E-state index < -0.39 is 53.6 Å². The molecule has 92 heavy (non-hydrogen) atoms. The summed E-state index contributed by atoms with van der Waals surface area (Å²) in [5, 5.41) is 43.4. The van der Waals surface area contributed by atoms with E-state index in [0.717, 1.165) is 64.8 Å². The van der Waals surface area contributed by atoms with Gasteiger partial charge in [0.05, 0.1) is 58.8 Å². The van der Waals surface area contributed by atoms with E-state index in [0.29, 0.717) is 87.6 Å². The van der Waals surface area contributed by atoms with Crippen molar-refractivity contribution in [3.8, 4) is 44.6 Å². The number of methoxy groups -OCH3 is 1. The van der Waals surface area contributed by atoms with Crippen LogP contribution in [0.25, 0.3) is 54.6 Å². The highest BCUT2D eigenvalue weighted by molar-refractivity contribution is 7.13. The molecule has 22 nitrogen and oxygen atoms in total. The third kappa shape index (κ3) is 13.5. The minimum Gasteiger partial charge on any atom is -0.486 e. The predicted octanol–water partition coefficient (Wildman–Crippen LogP) is 10.8. The molecular formula is C68H81FN12O10S. The lowest BCUT2D eigenvalue weighted by Crippen LogP contribution is -2.50. The number of hydrogen-bond acceptors (Lipinski definition) is 18. The van der Waals surface area contributed by atoms with Gasteiger partial charge in [0.2, 0.25) is 11.8 Å².